The van der Waals surface area contributed by atoms with Crippen LogP contribution in [-0.4, -0.2) is 11.6 Å². The van der Waals surface area contributed by atoms with Crippen LogP contribution >= 0.6 is 8.58 Å². The monoisotopic (exact) mass is 143 g/mol. The Kier molecular flexibility index (Phi) is 1.87. The molecule has 0 aromatic carbocycles. The molecule has 0 saturated heterocycles. The second-order valence-corrected chi connectivity index (χ2v) is 2.86. The van der Waals surface area contributed by atoms with E-state index in [-0.39, 0.29) is 0 Å². The summed E-state index contributed by atoms with van der Waals surface area (Å²) in [5.74, 6) is 1.74. The molecule has 0 fully saturated rings. The molecule has 0 aliphatic heterocycles. The SMILES string of the molecule is CPc1nc(C)oc1C. The maximum Gasteiger partial charge on any atom is 0.191 e. The smallest absolute Gasteiger partial charge is 0.191 e. The second kappa shape index (κ2) is 2.49. The molecular formula is C6H10NOP. The van der Waals surface area contributed by atoms with Gasteiger partial charge in [0.15, 0.2) is 5.89 Å². The number of aryl methyl sites for hydroxylation is 2. The summed E-state index contributed by atoms with van der Waals surface area (Å²) in [4.78, 5) is 4.17. The predicted molar refractivity (Wildman–Crippen MR) is 39.9 cm³/mol. The van der Waals surface area contributed by atoms with Crippen molar-refractivity contribution in [1.82, 2.24) is 4.98 Å². The van der Waals surface area contributed by atoms with Crippen molar-refractivity contribution >= 4 is 14.0 Å². The highest BCUT2D eigenvalue weighted by Gasteiger charge is 2.01. The average molecular weight is 143 g/mol. The molecule has 2 nitrogen and oxygen atoms in total. The lowest BCUT2D eigenvalue weighted by molar-refractivity contribution is 0.495. The summed E-state index contributed by atoms with van der Waals surface area (Å²) in [6.45, 7) is 5.92. The number of nitrogens with zero attached hydrogens (tertiary/aromatic N) is 1. The minimum atomic E-state index is 0.745. The quantitative estimate of drug-likeness (QED) is 0.552. The first-order valence-electron chi connectivity index (χ1n) is 2.86. The molecule has 0 aliphatic rings. The van der Waals surface area contributed by atoms with Crippen LogP contribution in [0.3, 0.4) is 0 Å². The van der Waals surface area contributed by atoms with Gasteiger partial charge in [-0.3, -0.25) is 0 Å². The Bertz CT molecular complexity index is 207. The van der Waals surface area contributed by atoms with Crippen LogP contribution in [0, 0.1) is 13.8 Å². The summed E-state index contributed by atoms with van der Waals surface area (Å²) in [5.41, 5.74) is 1.10. The van der Waals surface area contributed by atoms with Gasteiger partial charge in [-0.2, -0.15) is 0 Å². The minimum absolute atomic E-state index is 0.745. The molecule has 0 N–H and O–H groups in total. The second-order valence-electron chi connectivity index (χ2n) is 1.89. The van der Waals surface area contributed by atoms with Gasteiger partial charge >= 0.3 is 0 Å². The van der Waals surface area contributed by atoms with Crippen LogP contribution in [0.25, 0.3) is 0 Å². The van der Waals surface area contributed by atoms with Gasteiger partial charge in [0.25, 0.3) is 0 Å². The number of hydrogen-bond acceptors (Lipinski definition) is 2. The molecule has 0 amide bonds. The summed E-state index contributed by atoms with van der Waals surface area (Å²) in [5, 5.41) is 0. The molecule has 50 valence electrons. The average Bonchev–Trinajstić information content (AvgIpc) is 2.10. The van der Waals surface area contributed by atoms with E-state index in [1.807, 2.05) is 13.8 Å². The molecule has 1 rings (SSSR count). The molecule has 0 spiro atoms. The predicted octanol–water partition coefficient (Wildman–Crippen LogP) is 1.23. The van der Waals surface area contributed by atoms with Crippen LogP contribution in [0.2, 0.25) is 0 Å². The van der Waals surface area contributed by atoms with Crippen molar-refractivity contribution in [3.05, 3.63) is 11.7 Å². The van der Waals surface area contributed by atoms with Gasteiger partial charge in [0.2, 0.25) is 0 Å². The van der Waals surface area contributed by atoms with Crippen LogP contribution in [0.1, 0.15) is 11.7 Å². The molecular weight excluding hydrogens is 133 g/mol. The van der Waals surface area contributed by atoms with E-state index in [0.717, 1.165) is 25.7 Å². The van der Waals surface area contributed by atoms with Crippen molar-refractivity contribution in [2.24, 2.45) is 0 Å². The largest absolute Gasteiger partial charge is 0.446 e. The standard InChI is InChI=1S/C6H10NOP/c1-4-6(9-3)7-5(2)8-4/h9H,1-3H3. The highest BCUT2D eigenvalue weighted by Crippen LogP contribution is 2.08. The third-order valence-electron chi connectivity index (χ3n) is 1.14. The third-order valence-corrected chi connectivity index (χ3v) is 2.08. The Labute approximate surface area is 56.5 Å². The highest BCUT2D eigenvalue weighted by molar-refractivity contribution is 7.46. The first kappa shape index (κ1) is 6.76. The van der Waals surface area contributed by atoms with Crippen LogP contribution in [-0.2, 0) is 0 Å². The molecule has 1 atom stereocenters. The van der Waals surface area contributed by atoms with Crippen LogP contribution < -0.4 is 5.44 Å². The van der Waals surface area contributed by atoms with Crippen molar-refractivity contribution in [3.8, 4) is 0 Å². The zero-order chi connectivity index (χ0) is 6.85. The van der Waals surface area contributed by atoms with Crippen LogP contribution in [0.4, 0.5) is 0 Å². The van der Waals surface area contributed by atoms with Gasteiger partial charge in [-0.1, -0.05) is 8.58 Å². The molecule has 0 saturated carbocycles. The molecule has 1 aromatic heterocycles. The first-order valence-corrected chi connectivity index (χ1v) is 4.36. The third kappa shape index (κ3) is 1.31. The van der Waals surface area contributed by atoms with E-state index in [9.17, 15) is 0 Å². The van der Waals surface area contributed by atoms with Gasteiger partial charge in [0.1, 0.15) is 11.2 Å². The van der Waals surface area contributed by atoms with Crippen molar-refractivity contribution in [2.45, 2.75) is 13.8 Å². The first-order chi connectivity index (χ1) is 4.24. The number of oxazole rings is 1. The lowest BCUT2D eigenvalue weighted by Gasteiger charge is -1.84. The van der Waals surface area contributed by atoms with E-state index in [1.165, 1.54) is 0 Å². The van der Waals surface area contributed by atoms with Crippen molar-refractivity contribution in [2.75, 3.05) is 6.66 Å². The normalized spacial score (nSPS) is 11.4. The van der Waals surface area contributed by atoms with Crippen LogP contribution in [0.15, 0.2) is 4.42 Å². The van der Waals surface area contributed by atoms with Gasteiger partial charge in [-0.05, 0) is 13.6 Å². The van der Waals surface area contributed by atoms with E-state index >= 15 is 0 Å². The van der Waals surface area contributed by atoms with Crippen molar-refractivity contribution < 1.29 is 4.42 Å². The van der Waals surface area contributed by atoms with Gasteiger partial charge in [-0.15, -0.1) is 0 Å². The Morgan fingerprint density at radius 2 is 2.11 bits per heavy atom. The highest BCUT2D eigenvalue weighted by atomic mass is 31.1. The summed E-state index contributed by atoms with van der Waals surface area (Å²) in [6.07, 6.45) is 0. The zero-order valence-corrected chi connectivity index (χ0v) is 6.86. The fourth-order valence-electron chi connectivity index (χ4n) is 0.761. The number of aromatic nitrogens is 1. The lowest BCUT2D eigenvalue weighted by atomic mass is 10.6. The Hall–Kier alpha value is -0.360. The Morgan fingerprint density at radius 3 is 2.33 bits per heavy atom. The van der Waals surface area contributed by atoms with Gasteiger partial charge in [0.05, 0.1) is 0 Å². The van der Waals surface area contributed by atoms with E-state index in [4.69, 9.17) is 4.42 Å². The summed E-state index contributed by atoms with van der Waals surface area (Å²) in [7, 11) is 0.745. The molecule has 1 unspecified atom stereocenters. The van der Waals surface area contributed by atoms with Gasteiger partial charge < -0.3 is 4.42 Å². The van der Waals surface area contributed by atoms with E-state index in [2.05, 4.69) is 11.6 Å². The Morgan fingerprint density at radius 1 is 1.44 bits per heavy atom. The van der Waals surface area contributed by atoms with Gasteiger partial charge in [-0.25, -0.2) is 4.98 Å². The molecule has 3 heteroatoms. The summed E-state index contributed by atoms with van der Waals surface area (Å²) >= 11 is 0. The maximum absolute atomic E-state index is 5.20. The minimum Gasteiger partial charge on any atom is -0.446 e. The molecule has 0 aliphatic carbocycles. The summed E-state index contributed by atoms with van der Waals surface area (Å²) < 4.78 is 5.20. The zero-order valence-electron chi connectivity index (χ0n) is 5.86. The molecule has 0 radical (unpaired) electrons. The summed E-state index contributed by atoms with van der Waals surface area (Å²) in [6, 6.07) is 0. The fourth-order valence-corrected chi connectivity index (χ4v) is 1.43. The Balaban J connectivity index is 3.01. The van der Waals surface area contributed by atoms with Gasteiger partial charge in [0, 0.05) is 6.92 Å². The molecule has 9 heavy (non-hydrogen) atoms. The van der Waals surface area contributed by atoms with E-state index in [0.29, 0.717) is 0 Å². The van der Waals surface area contributed by atoms with E-state index in [1.54, 1.807) is 0 Å². The number of hydrogen-bond donors (Lipinski definition) is 0. The lowest BCUT2D eigenvalue weighted by Crippen LogP contribution is -1.96. The van der Waals surface area contributed by atoms with Crippen molar-refractivity contribution in [1.29, 1.82) is 0 Å². The van der Waals surface area contributed by atoms with Crippen LogP contribution in [0.5, 0.6) is 0 Å². The molecule has 1 heterocycles. The maximum atomic E-state index is 5.20. The number of rotatable bonds is 1. The topological polar surface area (TPSA) is 26.0 Å². The molecule has 0 bridgehead atoms. The van der Waals surface area contributed by atoms with Crippen molar-refractivity contribution in [3.63, 3.8) is 0 Å². The van der Waals surface area contributed by atoms with E-state index < -0.39 is 0 Å². The molecule has 1 aromatic rings. The fraction of sp³-hybridized carbons (Fsp3) is 0.500.